The number of aliphatic hydroxyl groups is 1. The quantitative estimate of drug-likeness (QED) is 0.746. The number of aliphatic imine (C=N–C) groups is 1. The van der Waals surface area contributed by atoms with Gasteiger partial charge in [-0.25, -0.2) is 0 Å². The molecule has 0 radical (unpaired) electrons. The van der Waals surface area contributed by atoms with Crippen LogP contribution in [0.1, 0.15) is 18.4 Å². The predicted octanol–water partition coefficient (Wildman–Crippen LogP) is 1.34. The van der Waals surface area contributed by atoms with E-state index in [2.05, 4.69) is 4.99 Å². The van der Waals surface area contributed by atoms with Gasteiger partial charge in [0.25, 0.3) is 0 Å². The van der Waals surface area contributed by atoms with Crippen LogP contribution in [-0.4, -0.2) is 28.9 Å². The van der Waals surface area contributed by atoms with Crippen LogP contribution in [0.15, 0.2) is 35.3 Å². The van der Waals surface area contributed by atoms with Gasteiger partial charge in [-0.15, -0.1) is 0 Å². The summed E-state index contributed by atoms with van der Waals surface area (Å²) in [6.07, 6.45) is 2.11. The minimum Gasteiger partial charge on any atom is -0.365 e. The van der Waals surface area contributed by atoms with Gasteiger partial charge in [-0.3, -0.25) is 4.99 Å². The fourth-order valence-corrected chi connectivity index (χ4v) is 2.46. The van der Waals surface area contributed by atoms with Crippen molar-refractivity contribution in [2.45, 2.75) is 18.6 Å². The highest BCUT2D eigenvalue weighted by Crippen LogP contribution is 2.35. The molecule has 0 amide bonds. The summed E-state index contributed by atoms with van der Waals surface area (Å²) < 4.78 is 0. The maximum Gasteiger partial charge on any atom is 0.185 e. The van der Waals surface area contributed by atoms with Crippen molar-refractivity contribution in [3.63, 3.8) is 0 Å². The standard InChI is InChI=1S/C12H14N2O/c15-12(10-5-2-1-3-6-10)9-13-11-7-4-8-14(11)12/h1-3,5-6,15H,4,7-9H2. The van der Waals surface area contributed by atoms with Crippen LogP contribution in [0.4, 0.5) is 0 Å². The molecule has 3 nitrogen and oxygen atoms in total. The summed E-state index contributed by atoms with van der Waals surface area (Å²) in [7, 11) is 0. The zero-order valence-electron chi connectivity index (χ0n) is 8.56. The lowest BCUT2D eigenvalue weighted by atomic mass is 10.0. The number of benzene rings is 1. The Bertz CT molecular complexity index is 401. The Morgan fingerprint density at radius 2 is 2.07 bits per heavy atom. The molecule has 1 atom stereocenters. The van der Waals surface area contributed by atoms with Gasteiger partial charge in [-0.05, 0) is 6.42 Å². The third kappa shape index (κ3) is 1.20. The first-order valence-corrected chi connectivity index (χ1v) is 5.39. The number of fused-ring (bicyclic) bond motifs is 1. The van der Waals surface area contributed by atoms with E-state index in [0.29, 0.717) is 6.54 Å². The maximum absolute atomic E-state index is 10.6. The van der Waals surface area contributed by atoms with Crippen molar-refractivity contribution in [2.24, 2.45) is 4.99 Å². The van der Waals surface area contributed by atoms with Gasteiger partial charge in [-0.2, -0.15) is 0 Å². The number of hydrogen-bond acceptors (Lipinski definition) is 3. The molecule has 1 unspecified atom stereocenters. The highest BCUT2D eigenvalue weighted by molar-refractivity contribution is 5.86. The third-order valence-corrected chi connectivity index (χ3v) is 3.26. The number of amidine groups is 1. The smallest absolute Gasteiger partial charge is 0.185 e. The minimum atomic E-state index is -0.882. The zero-order valence-corrected chi connectivity index (χ0v) is 8.56. The Morgan fingerprint density at radius 1 is 1.27 bits per heavy atom. The van der Waals surface area contributed by atoms with Crippen LogP contribution in [0, 0.1) is 0 Å². The van der Waals surface area contributed by atoms with Crippen molar-refractivity contribution in [3.8, 4) is 0 Å². The zero-order chi connectivity index (χ0) is 10.3. The monoisotopic (exact) mass is 202 g/mol. The number of rotatable bonds is 1. The fraction of sp³-hybridized carbons (Fsp3) is 0.417. The largest absolute Gasteiger partial charge is 0.365 e. The highest BCUT2D eigenvalue weighted by atomic mass is 16.3. The summed E-state index contributed by atoms with van der Waals surface area (Å²) in [5.41, 5.74) is 0.0678. The molecule has 3 rings (SSSR count). The molecular formula is C12H14N2O. The van der Waals surface area contributed by atoms with Crippen LogP contribution in [0.3, 0.4) is 0 Å². The van der Waals surface area contributed by atoms with Gasteiger partial charge in [0.15, 0.2) is 5.72 Å². The summed E-state index contributed by atoms with van der Waals surface area (Å²) >= 11 is 0. The topological polar surface area (TPSA) is 35.8 Å². The fourth-order valence-electron chi connectivity index (χ4n) is 2.46. The van der Waals surface area contributed by atoms with Crippen LogP contribution in [-0.2, 0) is 5.72 Å². The van der Waals surface area contributed by atoms with Gasteiger partial charge in [0.05, 0.1) is 6.54 Å². The van der Waals surface area contributed by atoms with Crippen molar-refractivity contribution >= 4 is 5.84 Å². The van der Waals surface area contributed by atoms with Gasteiger partial charge in [0.2, 0.25) is 0 Å². The maximum atomic E-state index is 10.6. The molecule has 3 heteroatoms. The molecular weight excluding hydrogens is 188 g/mol. The Morgan fingerprint density at radius 3 is 2.87 bits per heavy atom. The molecule has 1 fully saturated rings. The first-order chi connectivity index (χ1) is 7.31. The van der Waals surface area contributed by atoms with Gasteiger partial charge >= 0.3 is 0 Å². The summed E-state index contributed by atoms with van der Waals surface area (Å²) in [6.45, 7) is 1.40. The molecule has 15 heavy (non-hydrogen) atoms. The molecule has 1 saturated heterocycles. The summed E-state index contributed by atoms with van der Waals surface area (Å²) in [5, 5.41) is 10.6. The van der Waals surface area contributed by atoms with E-state index in [-0.39, 0.29) is 0 Å². The molecule has 1 aromatic rings. The average molecular weight is 202 g/mol. The van der Waals surface area contributed by atoms with E-state index in [9.17, 15) is 5.11 Å². The van der Waals surface area contributed by atoms with Gasteiger partial charge in [-0.1, -0.05) is 30.3 Å². The van der Waals surface area contributed by atoms with E-state index in [4.69, 9.17) is 0 Å². The normalized spacial score (nSPS) is 29.1. The molecule has 2 aliphatic rings. The summed E-state index contributed by atoms with van der Waals surface area (Å²) in [6, 6.07) is 9.82. The lowest BCUT2D eigenvalue weighted by Crippen LogP contribution is -2.44. The molecule has 0 aromatic heterocycles. The Kier molecular flexibility index (Phi) is 1.83. The van der Waals surface area contributed by atoms with Crippen molar-refractivity contribution in [3.05, 3.63) is 35.9 Å². The molecule has 0 spiro atoms. The number of hydrogen-bond donors (Lipinski definition) is 1. The highest BCUT2D eigenvalue weighted by Gasteiger charge is 2.44. The van der Waals surface area contributed by atoms with Gasteiger partial charge < -0.3 is 10.0 Å². The predicted molar refractivity (Wildman–Crippen MR) is 58.6 cm³/mol. The first kappa shape index (κ1) is 8.92. The lowest BCUT2D eigenvalue weighted by molar-refractivity contribution is -0.0511. The number of nitrogens with zero attached hydrogens (tertiary/aromatic N) is 2. The van der Waals surface area contributed by atoms with Gasteiger partial charge in [0, 0.05) is 18.5 Å². The lowest BCUT2D eigenvalue weighted by Gasteiger charge is -2.32. The van der Waals surface area contributed by atoms with Crippen LogP contribution >= 0.6 is 0 Å². The molecule has 0 saturated carbocycles. The average Bonchev–Trinajstić information content (AvgIpc) is 2.85. The summed E-state index contributed by atoms with van der Waals surface area (Å²) in [5.74, 6) is 1.07. The second-order valence-electron chi connectivity index (χ2n) is 4.17. The van der Waals surface area contributed by atoms with E-state index in [0.717, 1.165) is 30.8 Å². The van der Waals surface area contributed by atoms with Crippen molar-refractivity contribution in [1.82, 2.24) is 4.90 Å². The third-order valence-electron chi connectivity index (χ3n) is 3.26. The van der Waals surface area contributed by atoms with E-state index < -0.39 is 5.72 Å². The molecule has 1 aromatic carbocycles. The van der Waals surface area contributed by atoms with Crippen LogP contribution in [0.2, 0.25) is 0 Å². The first-order valence-electron chi connectivity index (χ1n) is 5.39. The van der Waals surface area contributed by atoms with Crippen LogP contribution in [0.5, 0.6) is 0 Å². The molecule has 0 aliphatic carbocycles. The molecule has 1 N–H and O–H groups in total. The molecule has 2 aliphatic heterocycles. The minimum absolute atomic E-state index is 0.479. The van der Waals surface area contributed by atoms with E-state index in [1.54, 1.807) is 0 Å². The van der Waals surface area contributed by atoms with Crippen LogP contribution < -0.4 is 0 Å². The molecule has 78 valence electrons. The molecule has 2 heterocycles. The Balaban J connectivity index is 2.00. The Hall–Kier alpha value is -1.35. The van der Waals surface area contributed by atoms with E-state index in [1.807, 2.05) is 35.2 Å². The SMILES string of the molecule is OC1(c2ccccc2)CN=C2CCCN21. The van der Waals surface area contributed by atoms with Crippen molar-refractivity contribution in [2.75, 3.05) is 13.1 Å². The summed E-state index contributed by atoms with van der Waals surface area (Å²) in [4.78, 5) is 6.46. The van der Waals surface area contributed by atoms with Crippen molar-refractivity contribution in [1.29, 1.82) is 0 Å². The molecule has 0 bridgehead atoms. The van der Waals surface area contributed by atoms with E-state index >= 15 is 0 Å². The van der Waals surface area contributed by atoms with Gasteiger partial charge in [0.1, 0.15) is 5.84 Å². The Labute approximate surface area is 89.1 Å². The second kappa shape index (κ2) is 3.07. The van der Waals surface area contributed by atoms with Crippen molar-refractivity contribution < 1.29 is 5.11 Å². The van der Waals surface area contributed by atoms with E-state index in [1.165, 1.54) is 0 Å². The second-order valence-corrected chi connectivity index (χ2v) is 4.17. The van der Waals surface area contributed by atoms with Crippen LogP contribution in [0.25, 0.3) is 0 Å².